The number of benzene rings is 1. The standard InChI is InChI=1S/C17H21Cl2NO3/c1-11(2)23-16(21)5-6-20-10-17(8-13(20)9-22-17)12-3-4-14(18)15(19)7-12/h3-4,7,11,13H,5-6,8-10H2,1-2H3. The smallest absolute Gasteiger partial charge is 0.307 e. The maximum atomic E-state index is 11.7. The van der Waals surface area contributed by atoms with Gasteiger partial charge in [0, 0.05) is 19.1 Å². The Labute approximate surface area is 146 Å². The van der Waals surface area contributed by atoms with Gasteiger partial charge in [0.15, 0.2) is 0 Å². The van der Waals surface area contributed by atoms with Gasteiger partial charge < -0.3 is 9.47 Å². The Bertz CT molecular complexity index is 608. The Morgan fingerprint density at radius 1 is 1.43 bits per heavy atom. The highest BCUT2D eigenvalue weighted by molar-refractivity contribution is 6.42. The number of ether oxygens (including phenoxy) is 2. The minimum absolute atomic E-state index is 0.0663. The number of rotatable bonds is 5. The molecule has 0 aromatic heterocycles. The number of morpholine rings is 1. The fourth-order valence-electron chi connectivity index (χ4n) is 3.45. The summed E-state index contributed by atoms with van der Waals surface area (Å²) in [6, 6.07) is 6.03. The van der Waals surface area contributed by atoms with Crippen LogP contribution in [0.5, 0.6) is 0 Å². The minimum atomic E-state index is -0.332. The third kappa shape index (κ3) is 3.50. The summed E-state index contributed by atoms with van der Waals surface area (Å²) in [5, 5.41) is 1.09. The second kappa shape index (κ2) is 6.60. The van der Waals surface area contributed by atoms with Crippen molar-refractivity contribution in [3.63, 3.8) is 0 Å². The number of carbonyl (C=O) groups excluding carboxylic acids is 1. The Kier molecular flexibility index (Phi) is 4.88. The van der Waals surface area contributed by atoms with Gasteiger partial charge in [0.1, 0.15) is 5.60 Å². The maximum absolute atomic E-state index is 11.7. The van der Waals surface area contributed by atoms with E-state index in [1.807, 2.05) is 32.0 Å². The van der Waals surface area contributed by atoms with Gasteiger partial charge in [-0.2, -0.15) is 0 Å². The molecule has 2 atom stereocenters. The largest absolute Gasteiger partial charge is 0.463 e. The Balaban J connectivity index is 1.66. The molecule has 2 saturated heterocycles. The lowest BCUT2D eigenvalue weighted by Gasteiger charge is -2.33. The van der Waals surface area contributed by atoms with Crippen LogP contribution in [0.4, 0.5) is 0 Å². The van der Waals surface area contributed by atoms with Crippen molar-refractivity contribution >= 4 is 29.2 Å². The van der Waals surface area contributed by atoms with Crippen molar-refractivity contribution in [2.24, 2.45) is 0 Å². The van der Waals surface area contributed by atoms with Gasteiger partial charge in [-0.3, -0.25) is 9.69 Å². The summed E-state index contributed by atoms with van der Waals surface area (Å²) in [4.78, 5) is 14.0. The number of carbonyl (C=O) groups is 1. The molecule has 1 aromatic rings. The monoisotopic (exact) mass is 357 g/mol. The van der Waals surface area contributed by atoms with Gasteiger partial charge in [-0.25, -0.2) is 0 Å². The molecule has 0 N–H and O–H groups in total. The highest BCUT2D eigenvalue weighted by Gasteiger charge is 2.51. The van der Waals surface area contributed by atoms with Crippen molar-refractivity contribution in [2.45, 2.75) is 44.4 Å². The number of esters is 1. The molecule has 2 aliphatic heterocycles. The van der Waals surface area contributed by atoms with Gasteiger partial charge in [-0.15, -0.1) is 0 Å². The number of hydrogen-bond acceptors (Lipinski definition) is 4. The average Bonchev–Trinajstić information content (AvgIpc) is 3.06. The fourth-order valence-corrected chi connectivity index (χ4v) is 3.74. The van der Waals surface area contributed by atoms with Gasteiger partial charge in [0.2, 0.25) is 0 Å². The van der Waals surface area contributed by atoms with Crippen LogP contribution in [0.1, 0.15) is 32.3 Å². The first kappa shape index (κ1) is 17.0. The van der Waals surface area contributed by atoms with Crippen molar-refractivity contribution in [3.05, 3.63) is 33.8 Å². The molecule has 0 amide bonds. The number of nitrogens with zero attached hydrogens (tertiary/aromatic N) is 1. The fraction of sp³-hybridized carbons (Fsp3) is 0.588. The Morgan fingerprint density at radius 3 is 2.91 bits per heavy atom. The topological polar surface area (TPSA) is 38.8 Å². The van der Waals surface area contributed by atoms with Crippen molar-refractivity contribution in [1.29, 1.82) is 0 Å². The molecule has 2 unspecified atom stereocenters. The minimum Gasteiger partial charge on any atom is -0.463 e. The van der Waals surface area contributed by atoms with Crippen LogP contribution >= 0.6 is 23.2 Å². The van der Waals surface area contributed by atoms with E-state index >= 15 is 0 Å². The molecule has 2 heterocycles. The van der Waals surface area contributed by atoms with Gasteiger partial charge in [0.05, 0.1) is 29.2 Å². The third-order valence-corrected chi connectivity index (χ3v) is 5.25. The second-order valence-corrected chi connectivity index (χ2v) is 7.37. The lowest BCUT2D eigenvalue weighted by Crippen LogP contribution is -2.42. The molecular formula is C17H21Cl2NO3. The summed E-state index contributed by atoms with van der Waals surface area (Å²) >= 11 is 12.2. The maximum Gasteiger partial charge on any atom is 0.307 e. The van der Waals surface area contributed by atoms with Gasteiger partial charge in [-0.05, 0) is 38.0 Å². The van der Waals surface area contributed by atoms with Crippen molar-refractivity contribution in [1.82, 2.24) is 4.90 Å². The SMILES string of the molecule is CC(C)OC(=O)CCN1CC2(c3ccc(Cl)c(Cl)c3)CC1CO2. The van der Waals surface area contributed by atoms with Crippen LogP contribution in [0.15, 0.2) is 18.2 Å². The highest BCUT2D eigenvalue weighted by Crippen LogP contribution is 2.46. The van der Waals surface area contributed by atoms with E-state index in [1.54, 1.807) is 0 Å². The molecule has 0 aliphatic carbocycles. The predicted molar refractivity (Wildman–Crippen MR) is 89.9 cm³/mol. The summed E-state index contributed by atoms with van der Waals surface area (Å²) in [5.41, 5.74) is 0.725. The quantitative estimate of drug-likeness (QED) is 0.754. The lowest BCUT2D eigenvalue weighted by atomic mass is 9.93. The van der Waals surface area contributed by atoms with E-state index in [4.69, 9.17) is 32.7 Å². The van der Waals surface area contributed by atoms with Crippen LogP contribution < -0.4 is 0 Å². The van der Waals surface area contributed by atoms with Crippen LogP contribution in [-0.4, -0.2) is 42.7 Å². The van der Waals surface area contributed by atoms with Crippen molar-refractivity contribution < 1.29 is 14.3 Å². The second-order valence-electron chi connectivity index (χ2n) is 6.55. The van der Waals surface area contributed by atoms with E-state index in [1.165, 1.54) is 0 Å². The molecule has 126 valence electrons. The zero-order chi connectivity index (χ0) is 16.6. The molecule has 6 heteroatoms. The molecule has 4 nitrogen and oxygen atoms in total. The van der Waals surface area contributed by atoms with E-state index < -0.39 is 0 Å². The normalized spacial score (nSPS) is 26.9. The number of likely N-dealkylation sites (tertiary alicyclic amines) is 1. The number of hydrogen-bond donors (Lipinski definition) is 0. The molecule has 1 aromatic carbocycles. The first-order chi connectivity index (χ1) is 10.9. The van der Waals surface area contributed by atoms with E-state index in [2.05, 4.69) is 4.90 Å². The van der Waals surface area contributed by atoms with Crippen molar-refractivity contribution in [2.75, 3.05) is 19.7 Å². The van der Waals surface area contributed by atoms with Crippen LogP contribution in [0.2, 0.25) is 10.0 Å². The first-order valence-electron chi connectivity index (χ1n) is 7.93. The summed E-state index contributed by atoms with van der Waals surface area (Å²) < 4.78 is 11.3. The highest BCUT2D eigenvalue weighted by atomic mass is 35.5. The molecule has 3 rings (SSSR count). The molecule has 2 bridgehead atoms. The van der Waals surface area contributed by atoms with E-state index in [-0.39, 0.29) is 17.7 Å². The summed E-state index contributed by atoms with van der Waals surface area (Å²) in [6.45, 7) is 5.87. The summed E-state index contributed by atoms with van der Waals surface area (Å²) in [5.74, 6) is -0.146. The van der Waals surface area contributed by atoms with Crippen LogP contribution in [-0.2, 0) is 19.9 Å². The lowest BCUT2D eigenvalue weighted by molar-refractivity contribution is -0.148. The molecule has 2 aliphatic rings. The zero-order valence-corrected chi connectivity index (χ0v) is 14.9. The summed E-state index contributed by atoms with van der Waals surface area (Å²) in [7, 11) is 0. The average molecular weight is 358 g/mol. The molecule has 0 spiro atoms. The van der Waals surface area contributed by atoms with Crippen LogP contribution in [0.25, 0.3) is 0 Å². The molecular weight excluding hydrogens is 337 g/mol. The van der Waals surface area contributed by atoms with Gasteiger partial charge in [-0.1, -0.05) is 29.3 Å². The van der Waals surface area contributed by atoms with Gasteiger partial charge >= 0.3 is 5.97 Å². The predicted octanol–water partition coefficient (Wildman–Crippen LogP) is 3.63. The molecule has 0 radical (unpaired) electrons. The number of fused-ring (bicyclic) bond motifs is 2. The van der Waals surface area contributed by atoms with E-state index in [0.717, 1.165) is 18.5 Å². The Morgan fingerprint density at radius 2 is 2.22 bits per heavy atom. The van der Waals surface area contributed by atoms with Gasteiger partial charge in [0.25, 0.3) is 0 Å². The van der Waals surface area contributed by atoms with E-state index in [0.29, 0.717) is 35.7 Å². The Hall–Kier alpha value is -0.810. The van der Waals surface area contributed by atoms with Crippen LogP contribution in [0.3, 0.4) is 0 Å². The number of halogens is 2. The first-order valence-corrected chi connectivity index (χ1v) is 8.68. The van der Waals surface area contributed by atoms with Crippen LogP contribution in [0, 0.1) is 0 Å². The molecule has 23 heavy (non-hydrogen) atoms. The zero-order valence-electron chi connectivity index (χ0n) is 13.4. The summed E-state index contributed by atoms with van der Waals surface area (Å²) in [6.07, 6.45) is 1.26. The van der Waals surface area contributed by atoms with Crippen molar-refractivity contribution in [3.8, 4) is 0 Å². The molecule has 0 saturated carbocycles. The third-order valence-electron chi connectivity index (χ3n) is 4.51. The molecule has 2 fully saturated rings. The van der Waals surface area contributed by atoms with E-state index in [9.17, 15) is 4.79 Å².